The summed E-state index contributed by atoms with van der Waals surface area (Å²) in [7, 11) is 0. The molecule has 3 aromatic rings. The molecule has 0 aliphatic heterocycles. The summed E-state index contributed by atoms with van der Waals surface area (Å²) in [5, 5.41) is 8.48. The normalized spacial score (nSPS) is 10.8. The van der Waals surface area contributed by atoms with E-state index in [2.05, 4.69) is 61.2 Å². The van der Waals surface area contributed by atoms with Gasteiger partial charge in [-0.2, -0.15) is 0 Å². The van der Waals surface area contributed by atoms with Crippen molar-refractivity contribution in [3.8, 4) is 16.9 Å². The fraction of sp³-hybridized carbons (Fsp3) is 0.0667. The molecule has 0 bridgehead atoms. The second-order valence-corrected chi connectivity index (χ2v) is 6.23. The maximum Gasteiger partial charge on any atom is 0.113 e. The lowest BCUT2D eigenvalue weighted by atomic mass is 10.1. The van der Waals surface area contributed by atoms with Crippen LogP contribution in [0, 0.1) is 6.92 Å². The molecule has 0 aliphatic rings. The molecule has 0 aliphatic carbocycles. The monoisotopic (exact) mass is 391 g/mol. The Balaban J connectivity index is 2.04. The Morgan fingerprint density at radius 1 is 1.05 bits per heavy atom. The van der Waals surface area contributed by atoms with Gasteiger partial charge in [-0.05, 0) is 46.6 Å². The first-order chi connectivity index (χ1) is 9.65. The van der Waals surface area contributed by atoms with Gasteiger partial charge in [0, 0.05) is 14.5 Å². The molecule has 0 unspecified atom stereocenters. The third-order valence-corrected chi connectivity index (χ3v) is 4.20. The molecule has 0 atom stereocenters. The Bertz CT molecular complexity index is 765. The Morgan fingerprint density at radius 3 is 2.60 bits per heavy atom. The number of nitrogens with zero attached hydrogens (tertiary/aromatic N) is 3. The minimum atomic E-state index is 0.873. The van der Waals surface area contributed by atoms with Crippen molar-refractivity contribution in [2.45, 2.75) is 6.92 Å². The van der Waals surface area contributed by atoms with E-state index in [-0.39, 0.29) is 0 Å². The number of benzene rings is 2. The lowest BCUT2D eigenvalue weighted by Gasteiger charge is -2.03. The highest BCUT2D eigenvalue weighted by molar-refractivity contribution is 9.11. The Morgan fingerprint density at radius 2 is 1.85 bits per heavy atom. The standard InChI is InChI=1S/C15H11Br2N3/c1-10-4-2-3-5-12(10)14-9-20(19-18-14)15-7-6-11(16)8-13(15)17/h2-9H,1H3. The van der Waals surface area contributed by atoms with Crippen molar-refractivity contribution in [1.82, 2.24) is 15.0 Å². The van der Waals surface area contributed by atoms with Crippen molar-refractivity contribution < 1.29 is 0 Å². The van der Waals surface area contributed by atoms with Crippen LogP contribution in [0.3, 0.4) is 0 Å². The van der Waals surface area contributed by atoms with E-state index in [9.17, 15) is 0 Å². The number of hydrogen-bond acceptors (Lipinski definition) is 2. The maximum atomic E-state index is 4.27. The first-order valence-corrected chi connectivity index (χ1v) is 7.67. The van der Waals surface area contributed by atoms with Gasteiger partial charge in [-0.15, -0.1) is 5.10 Å². The minimum Gasteiger partial charge on any atom is -0.219 e. The van der Waals surface area contributed by atoms with E-state index in [4.69, 9.17) is 0 Å². The van der Waals surface area contributed by atoms with E-state index in [0.29, 0.717) is 0 Å². The third-order valence-electron chi connectivity index (χ3n) is 3.07. The Kier molecular flexibility index (Phi) is 3.72. The van der Waals surface area contributed by atoms with Crippen LogP contribution in [0.15, 0.2) is 57.6 Å². The molecule has 3 nitrogen and oxygen atoms in total. The van der Waals surface area contributed by atoms with Gasteiger partial charge in [0.25, 0.3) is 0 Å². The number of hydrogen-bond donors (Lipinski definition) is 0. The van der Waals surface area contributed by atoms with Gasteiger partial charge in [0.05, 0.1) is 11.9 Å². The van der Waals surface area contributed by atoms with E-state index in [1.54, 1.807) is 4.68 Å². The molecule has 5 heteroatoms. The number of halogens is 2. The summed E-state index contributed by atoms with van der Waals surface area (Å²) in [4.78, 5) is 0. The largest absolute Gasteiger partial charge is 0.219 e. The van der Waals surface area contributed by atoms with Crippen LogP contribution in [-0.4, -0.2) is 15.0 Å². The predicted octanol–water partition coefficient (Wildman–Crippen LogP) is 4.77. The molecule has 0 radical (unpaired) electrons. The summed E-state index contributed by atoms with van der Waals surface area (Å²) in [6, 6.07) is 14.1. The number of rotatable bonds is 2. The molecule has 0 amide bonds. The fourth-order valence-electron chi connectivity index (χ4n) is 2.03. The Hall–Kier alpha value is -1.46. The highest BCUT2D eigenvalue weighted by Crippen LogP contribution is 2.26. The van der Waals surface area contributed by atoms with Crippen molar-refractivity contribution in [2.75, 3.05) is 0 Å². The Labute approximate surface area is 133 Å². The van der Waals surface area contributed by atoms with Gasteiger partial charge < -0.3 is 0 Å². The van der Waals surface area contributed by atoms with Gasteiger partial charge in [0.2, 0.25) is 0 Å². The fourth-order valence-corrected chi connectivity index (χ4v) is 3.26. The molecule has 0 N–H and O–H groups in total. The molecule has 100 valence electrons. The first-order valence-electron chi connectivity index (χ1n) is 6.09. The van der Waals surface area contributed by atoms with Crippen LogP contribution >= 0.6 is 31.9 Å². The van der Waals surface area contributed by atoms with E-state index >= 15 is 0 Å². The van der Waals surface area contributed by atoms with E-state index in [1.807, 2.05) is 36.5 Å². The summed E-state index contributed by atoms with van der Waals surface area (Å²) in [5.74, 6) is 0. The highest BCUT2D eigenvalue weighted by atomic mass is 79.9. The smallest absolute Gasteiger partial charge is 0.113 e. The molecule has 0 fully saturated rings. The molecule has 0 saturated heterocycles. The molecule has 1 aromatic heterocycles. The van der Waals surface area contributed by atoms with Crippen LogP contribution < -0.4 is 0 Å². The molecule has 0 saturated carbocycles. The second-order valence-electron chi connectivity index (χ2n) is 4.46. The van der Waals surface area contributed by atoms with Crippen LogP contribution in [-0.2, 0) is 0 Å². The van der Waals surface area contributed by atoms with Crippen LogP contribution in [0.1, 0.15) is 5.56 Å². The summed E-state index contributed by atoms with van der Waals surface area (Å²) < 4.78 is 3.76. The lowest BCUT2D eigenvalue weighted by Crippen LogP contribution is -1.95. The van der Waals surface area contributed by atoms with Crippen LogP contribution in [0.5, 0.6) is 0 Å². The summed E-state index contributed by atoms with van der Waals surface area (Å²) in [6.07, 6.45) is 1.94. The van der Waals surface area contributed by atoms with Gasteiger partial charge in [0.15, 0.2) is 0 Å². The quantitative estimate of drug-likeness (QED) is 0.628. The van der Waals surface area contributed by atoms with Crippen molar-refractivity contribution in [3.63, 3.8) is 0 Å². The van der Waals surface area contributed by atoms with Crippen molar-refractivity contribution in [2.24, 2.45) is 0 Å². The zero-order chi connectivity index (χ0) is 14.1. The number of aromatic nitrogens is 3. The first kappa shape index (κ1) is 13.5. The van der Waals surface area contributed by atoms with Gasteiger partial charge >= 0.3 is 0 Å². The SMILES string of the molecule is Cc1ccccc1-c1cn(-c2ccc(Br)cc2Br)nn1. The average Bonchev–Trinajstić information content (AvgIpc) is 2.88. The van der Waals surface area contributed by atoms with E-state index in [0.717, 1.165) is 25.9 Å². The molecular weight excluding hydrogens is 382 g/mol. The third kappa shape index (κ3) is 2.55. The van der Waals surface area contributed by atoms with Gasteiger partial charge in [0.1, 0.15) is 5.69 Å². The topological polar surface area (TPSA) is 30.7 Å². The predicted molar refractivity (Wildman–Crippen MR) is 86.9 cm³/mol. The van der Waals surface area contributed by atoms with E-state index in [1.165, 1.54) is 5.56 Å². The molecule has 20 heavy (non-hydrogen) atoms. The summed E-state index contributed by atoms with van der Waals surface area (Å²) >= 11 is 6.99. The van der Waals surface area contributed by atoms with Crippen molar-refractivity contribution >= 4 is 31.9 Å². The molecule has 0 spiro atoms. The summed E-state index contributed by atoms with van der Waals surface area (Å²) in [5.41, 5.74) is 4.12. The minimum absolute atomic E-state index is 0.873. The zero-order valence-corrected chi connectivity index (χ0v) is 13.9. The summed E-state index contributed by atoms with van der Waals surface area (Å²) in [6.45, 7) is 2.07. The average molecular weight is 393 g/mol. The molecular formula is C15H11Br2N3. The second kappa shape index (κ2) is 5.50. The molecule has 1 heterocycles. The van der Waals surface area contributed by atoms with Crippen LogP contribution in [0.25, 0.3) is 16.9 Å². The zero-order valence-electron chi connectivity index (χ0n) is 10.7. The lowest BCUT2D eigenvalue weighted by molar-refractivity contribution is 0.801. The van der Waals surface area contributed by atoms with Crippen LogP contribution in [0.2, 0.25) is 0 Å². The van der Waals surface area contributed by atoms with Crippen molar-refractivity contribution in [3.05, 3.63) is 63.2 Å². The van der Waals surface area contributed by atoms with Gasteiger partial charge in [-0.3, -0.25) is 0 Å². The van der Waals surface area contributed by atoms with Gasteiger partial charge in [-0.1, -0.05) is 45.4 Å². The van der Waals surface area contributed by atoms with Crippen LogP contribution in [0.4, 0.5) is 0 Å². The van der Waals surface area contributed by atoms with Gasteiger partial charge in [-0.25, -0.2) is 4.68 Å². The van der Waals surface area contributed by atoms with E-state index < -0.39 is 0 Å². The molecule has 2 aromatic carbocycles. The molecule has 3 rings (SSSR count). The van der Waals surface area contributed by atoms with Crippen molar-refractivity contribution in [1.29, 1.82) is 0 Å². The number of aryl methyl sites for hydroxylation is 1. The highest BCUT2D eigenvalue weighted by Gasteiger charge is 2.09. The maximum absolute atomic E-state index is 4.27.